The van der Waals surface area contributed by atoms with E-state index in [4.69, 9.17) is 5.11 Å². The number of phenolic OH excluding ortho intramolecular Hbond substituents is 1. The van der Waals surface area contributed by atoms with Crippen LogP contribution in [-0.2, 0) is 4.79 Å². The molecular weight excluding hydrogens is 192 g/mol. The molecule has 0 radical (unpaired) electrons. The molecule has 80 valence electrons. The summed E-state index contributed by atoms with van der Waals surface area (Å²) in [4.78, 5) is 11.5. The number of aromatic hydroxyl groups is 1. The third-order valence-corrected chi connectivity index (χ3v) is 2.57. The number of rotatable bonds is 1. The summed E-state index contributed by atoms with van der Waals surface area (Å²) < 4.78 is 0. The highest BCUT2D eigenvalue weighted by molar-refractivity contribution is 5.87. The maximum absolute atomic E-state index is 11.5. The van der Waals surface area contributed by atoms with Crippen LogP contribution in [-0.4, -0.2) is 17.6 Å². The van der Waals surface area contributed by atoms with Crippen molar-refractivity contribution in [2.24, 2.45) is 5.41 Å². The number of hydrogen-bond acceptors (Lipinski definition) is 3. The third-order valence-electron chi connectivity index (χ3n) is 2.57. The summed E-state index contributed by atoms with van der Waals surface area (Å²) in [6.45, 7) is 4.45. The zero-order valence-corrected chi connectivity index (χ0v) is 8.82. The van der Waals surface area contributed by atoms with E-state index in [9.17, 15) is 4.79 Å². The highest BCUT2D eigenvalue weighted by Gasteiger charge is 2.37. The lowest BCUT2D eigenvalue weighted by Crippen LogP contribution is -2.33. The van der Waals surface area contributed by atoms with Crippen LogP contribution in [0.4, 0.5) is 5.69 Å². The smallest absolute Gasteiger partial charge is 0.246 e. The molecule has 4 heteroatoms. The van der Waals surface area contributed by atoms with Crippen molar-refractivity contribution < 1.29 is 9.90 Å². The lowest BCUT2D eigenvalue weighted by Gasteiger charge is -2.18. The lowest BCUT2D eigenvalue weighted by molar-refractivity contribution is -0.125. The predicted octanol–water partition coefficient (Wildman–Crippen LogP) is 1.27. The summed E-state index contributed by atoms with van der Waals surface area (Å²) in [7, 11) is 0. The molecule has 15 heavy (non-hydrogen) atoms. The van der Waals surface area contributed by atoms with E-state index in [1.807, 2.05) is 13.8 Å². The second-order valence-electron chi connectivity index (χ2n) is 4.43. The topological polar surface area (TPSA) is 52.6 Å². The molecular formula is C11H14N2O2. The molecule has 0 atom stereocenters. The van der Waals surface area contributed by atoms with Crippen LogP contribution in [0.1, 0.15) is 13.8 Å². The van der Waals surface area contributed by atoms with Crippen LogP contribution in [0.5, 0.6) is 5.75 Å². The van der Waals surface area contributed by atoms with Gasteiger partial charge in [-0.1, -0.05) is 0 Å². The monoisotopic (exact) mass is 206 g/mol. The molecule has 2 rings (SSSR count). The molecule has 0 aromatic heterocycles. The molecule has 2 N–H and O–H groups in total. The second kappa shape index (κ2) is 3.15. The van der Waals surface area contributed by atoms with Gasteiger partial charge in [0, 0.05) is 0 Å². The van der Waals surface area contributed by atoms with Crippen molar-refractivity contribution in [3.05, 3.63) is 24.3 Å². The van der Waals surface area contributed by atoms with Gasteiger partial charge in [0.2, 0.25) is 5.91 Å². The average molecular weight is 206 g/mol. The Hall–Kier alpha value is -1.71. The Morgan fingerprint density at radius 2 is 1.93 bits per heavy atom. The van der Waals surface area contributed by atoms with Gasteiger partial charge in [-0.25, -0.2) is 0 Å². The minimum atomic E-state index is -0.363. The molecule has 1 fully saturated rings. The van der Waals surface area contributed by atoms with Crippen LogP contribution in [0.15, 0.2) is 24.3 Å². The second-order valence-corrected chi connectivity index (χ2v) is 4.43. The van der Waals surface area contributed by atoms with Gasteiger partial charge in [-0.3, -0.25) is 15.2 Å². The zero-order valence-electron chi connectivity index (χ0n) is 8.82. The Morgan fingerprint density at radius 1 is 1.33 bits per heavy atom. The molecule has 0 unspecified atom stereocenters. The van der Waals surface area contributed by atoms with Crippen LogP contribution in [0.25, 0.3) is 0 Å². The lowest BCUT2D eigenvalue weighted by atomic mass is 9.94. The number of hydrazine groups is 1. The van der Waals surface area contributed by atoms with Crippen LogP contribution in [0.3, 0.4) is 0 Å². The SMILES string of the molecule is CC1(C)CN(c2ccc(O)cc2)NC1=O. The molecule has 0 saturated carbocycles. The van der Waals surface area contributed by atoms with Crippen LogP contribution >= 0.6 is 0 Å². The van der Waals surface area contributed by atoms with Gasteiger partial charge >= 0.3 is 0 Å². The summed E-state index contributed by atoms with van der Waals surface area (Å²) in [5, 5.41) is 10.9. The number of anilines is 1. The number of carbonyl (C=O) groups is 1. The van der Waals surface area contributed by atoms with Gasteiger partial charge in [0.1, 0.15) is 5.75 Å². The standard InChI is InChI=1S/C11H14N2O2/c1-11(2)7-13(12-10(11)15)8-3-5-9(14)6-4-8/h3-6,14H,7H2,1-2H3,(H,12,15). The van der Waals surface area contributed by atoms with E-state index in [-0.39, 0.29) is 17.1 Å². The Morgan fingerprint density at radius 3 is 2.40 bits per heavy atom. The van der Waals surface area contributed by atoms with Crippen LogP contribution in [0, 0.1) is 5.41 Å². The molecule has 0 bridgehead atoms. The van der Waals surface area contributed by atoms with Gasteiger partial charge in [-0.05, 0) is 38.1 Å². The normalized spacial score (nSPS) is 19.1. The van der Waals surface area contributed by atoms with E-state index < -0.39 is 0 Å². The number of hydrogen-bond donors (Lipinski definition) is 2. The molecule has 1 saturated heterocycles. The van der Waals surface area contributed by atoms with E-state index in [0.717, 1.165) is 5.69 Å². The van der Waals surface area contributed by atoms with Crippen LogP contribution < -0.4 is 10.4 Å². The fraction of sp³-hybridized carbons (Fsp3) is 0.364. The fourth-order valence-electron chi connectivity index (χ4n) is 1.57. The van der Waals surface area contributed by atoms with Crippen molar-refractivity contribution in [2.45, 2.75) is 13.8 Å². The van der Waals surface area contributed by atoms with Crippen molar-refractivity contribution >= 4 is 11.6 Å². The molecule has 1 aromatic carbocycles. The highest BCUT2D eigenvalue weighted by atomic mass is 16.3. The Bertz CT molecular complexity index is 384. The molecule has 1 aliphatic rings. The largest absolute Gasteiger partial charge is 0.508 e. The maximum atomic E-state index is 11.5. The van der Waals surface area contributed by atoms with Gasteiger partial charge < -0.3 is 5.11 Å². The quantitative estimate of drug-likeness (QED) is 0.727. The molecule has 1 amide bonds. The van der Waals surface area contributed by atoms with E-state index >= 15 is 0 Å². The number of phenols is 1. The number of nitrogens with one attached hydrogen (secondary N) is 1. The maximum Gasteiger partial charge on any atom is 0.246 e. The number of carbonyl (C=O) groups excluding carboxylic acids is 1. The average Bonchev–Trinajstić information content (AvgIpc) is 2.42. The zero-order chi connectivity index (χ0) is 11.1. The summed E-state index contributed by atoms with van der Waals surface area (Å²) in [5.41, 5.74) is 3.31. The number of nitrogens with zero attached hydrogens (tertiary/aromatic N) is 1. The first kappa shape index (κ1) is 9.83. The minimum absolute atomic E-state index is 0.0237. The number of benzene rings is 1. The molecule has 0 spiro atoms. The Balaban J connectivity index is 2.21. The van der Waals surface area contributed by atoms with E-state index in [1.165, 1.54) is 0 Å². The summed E-state index contributed by atoms with van der Waals surface area (Å²) in [6.07, 6.45) is 0. The first-order valence-electron chi connectivity index (χ1n) is 4.87. The Kier molecular flexibility index (Phi) is 2.07. The van der Waals surface area contributed by atoms with Crippen molar-refractivity contribution in [1.29, 1.82) is 0 Å². The van der Waals surface area contributed by atoms with Gasteiger partial charge in [0.05, 0.1) is 17.6 Å². The minimum Gasteiger partial charge on any atom is -0.508 e. The summed E-state index contributed by atoms with van der Waals surface area (Å²) in [5.74, 6) is 0.249. The molecule has 1 aromatic rings. The van der Waals surface area contributed by atoms with Gasteiger partial charge in [-0.2, -0.15) is 0 Å². The van der Waals surface area contributed by atoms with Crippen molar-refractivity contribution in [1.82, 2.24) is 5.43 Å². The summed E-state index contributed by atoms with van der Waals surface area (Å²) >= 11 is 0. The molecule has 1 aliphatic heterocycles. The van der Waals surface area contributed by atoms with Gasteiger partial charge in [0.25, 0.3) is 0 Å². The number of amides is 1. The van der Waals surface area contributed by atoms with E-state index in [2.05, 4.69) is 5.43 Å². The highest BCUT2D eigenvalue weighted by Crippen LogP contribution is 2.27. The van der Waals surface area contributed by atoms with Crippen molar-refractivity contribution in [3.8, 4) is 5.75 Å². The van der Waals surface area contributed by atoms with E-state index in [1.54, 1.807) is 29.3 Å². The Labute approximate surface area is 88.5 Å². The molecule has 1 heterocycles. The van der Waals surface area contributed by atoms with Crippen molar-refractivity contribution in [2.75, 3.05) is 11.6 Å². The summed E-state index contributed by atoms with van der Waals surface area (Å²) in [6, 6.07) is 6.76. The van der Waals surface area contributed by atoms with Crippen molar-refractivity contribution in [3.63, 3.8) is 0 Å². The molecule has 0 aliphatic carbocycles. The fourth-order valence-corrected chi connectivity index (χ4v) is 1.57. The predicted molar refractivity (Wildman–Crippen MR) is 57.4 cm³/mol. The van der Waals surface area contributed by atoms with Gasteiger partial charge in [0.15, 0.2) is 0 Å². The first-order valence-corrected chi connectivity index (χ1v) is 4.87. The third kappa shape index (κ3) is 1.75. The molecule has 4 nitrogen and oxygen atoms in total. The van der Waals surface area contributed by atoms with Crippen LogP contribution in [0.2, 0.25) is 0 Å². The van der Waals surface area contributed by atoms with Gasteiger partial charge in [-0.15, -0.1) is 0 Å². The first-order chi connectivity index (χ1) is 6.99. The van der Waals surface area contributed by atoms with E-state index in [0.29, 0.717) is 6.54 Å².